The SMILES string of the molecule is [B]C(C)(C(=O)OC)c1cc(F)ccc1CNC(=O)OC(C)(C)C. The van der Waals surface area contributed by atoms with Crippen LogP contribution in [0, 0.1) is 5.82 Å². The summed E-state index contributed by atoms with van der Waals surface area (Å²) in [5.41, 5.74) is 0.0949. The molecule has 1 amide bonds. The van der Waals surface area contributed by atoms with E-state index in [1.54, 1.807) is 20.8 Å². The van der Waals surface area contributed by atoms with Gasteiger partial charge in [0.2, 0.25) is 0 Å². The molecular weight excluding hydrogens is 300 g/mol. The molecule has 1 aromatic carbocycles. The normalized spacial score (nSPS) is 13.8. The third-order valence-corrected chi connectivity index (χ3v) is 3.06. The number of rotatable bonds is 4. The van der Waals surface area contributed by atoms with E-state index in [4.69, 9.17) is 12.6 Å². The van der Waals surface area contributed by atoms with Gasteiger partial charge in [0.05, 0.1) is 20.3 Å². The van der Waals surface area contributed by atoms with E-state index in [-0.39, 0.29) is 12.1 Å². The second-order valence-corrected chi connectivity index (χ2v) is 6.35. The number of alkyl carbamates (subject to hydrolysis) is 1. The summed E-state index contributed by atoms with van der Waals surface area (Å²) in [6, 6.07) is 3.84. The average Bonchev–Trinajstić information content (AvgIpc) is 2.43. The zero-order valence-electron chi connectivity index (χ0n) is 14.0. The molecule has 0 aliphatic rings. The fourth-order valence-electron chi connectivity index (χ4n) is 1.99. The first-order chi connectivity index (χ1) is 10.5. The molecule has 0 aliphatic carbocycles. The quantitative estimate of drug-likeness (QED) is 0.683. The van der Waals surface area contributed by atoms with Gasteiger partial charge in [0.15, 0.2) is 0 Å². The lowest BCUT2D eigenvalue weighted by Gasteiger charge is -2.26. The van der Waals surface area contributed by atoms with Gasteiger partial charge in [-0.25, -0.2) is 9.18 Å². The van der Waals surface area contributed by atoms with Gasteiger partial charge >= 0.3 is 12.1 Å². The minimum Gasteiger partial charge on any atom is -0.469 e. The summed E-state index contributed by atoms with van der Waals surface area (Å²) in [6.07, 6.45) is -0.621. The lowest BCUT2D eigenvalue weighted by atomic mass is 9.64. The fraction of sp³-hybridized carbons (Fsp3) is 0.500. The molecule has 0 heterocycles. The Morgan fingerprint density at radius 3 is 2.39 bits per heavy atom. The molecule has 0 saturated heterocycles. The molecule has 5 nitrogen and oxygen atoms in total. The van der Waals surface area contributed by atoms with Crippen LogP contribution in [-0.2, 0) is 26.1 Å². The van der Waals surface area contributed by atoms with Crippen LogP contribution in [0.3, 0.4) is 0 Å². The van der Waals surface area contributed by atoms with Crippen LogP contribution in [0.15, 0.2) is 18.2 Å². The van der Waals surface area contributed by atoms with Crippen LogP contribution in [0.5, 0.6) is 0 Å². The predicted molar refractivity (Wildman–Crippen MR) is 84.6 cm³/mol. The highest BCUT2D eigenvalue weighted by atomic mass is 19.1. The molecule has 2 radical (unpaired) electrons. The van der Waals surface area contributed by atoms with Crippen molar-refractivity contribution in [1.29, 1.82) is 0 Å². The largest absolute Gasteiger partial charge is 0.469 e. The van der Waals surface area contributed by atoms with Crippen LogP contribution >= 0.6 is 0 Å². The molecular formula is C16H21BFNO4. The molecule has 1 atom stereocenters. The molecule has 0 spiro atoms. The zero-order valence-corrected chi connectivity index (χ0v) is 14.0. The van der Waals surface area contributed by atoms with Crippen molar-refractivity contribution in [1.82, 2.24) is 5.32 Å². The van der Waals surface area contributed by atoms with Crippen molar-refractivity contribution in [3.63, 3.8) is 0 Å². The van der Waals surface area contributed by atoms with Crippen LogP contribution < -0.4 is 5.32 Å². The highest BCUT2D eigenvalue weighted by Crippen LogP contribution is 2.26. The molecule has 0 fully saturated rings. The number of amides is 1. The Bertz CT molecular complexity index is 596. The Balaban J connectivity index is 3.00. The summed E-state index contributed by atoms with van der Waals surface area (Å²) in [6.45, 7) is 6.68. The molecule has 23 heavy (non-hydrogen) atoms. The van der Waals surface area contributed by atoms with Crippen molar-refractivity contribution in [3.05, 3.63) is 35.1 Å². The summed E-state index contributed by atoms with van der Waals surface area (Å²) in [7, 11) is 7.18. The van der Waals surface area contributed by atoms with Gasteiger partial charge in [-0.05, 0) is 44.0 Å². The van der Waals surface area contributed by atoms with Crippen LogP contribution in [0.4, 0.5) is 9.18 Å². The van der Waals surface area contributed by atoms with Gasteiger partial charge in [0.25, 0.3) is 0 Å². The number of esters is 1. The molecule has 1 aromatic rings. The van der Waals surface area contributed by atoms with Crippen LogP contribution in [0.1, 0.15) is 38.8 Å². The summed E-state index contributed by atoms with van der Waals surface area (Å²) in [5, 5.41) is 1.01. The minimum absolute atomic E-state index is 0.0360. The molecule has 0 aliphatic heterocycles. The van der Waals surface area contributed by atoms with Crippen molar-refractivity contribution in [2.75, 3.05) is 7.11 Å². The Morgan fingerprint density at radius 1 is 1.26 bits per heavy atom. The molecule has 7 heteroatoms. The first-order valence-corrected chi connectivity index (χ1v) is 7.10. The van der Waals surface area contributed by atoms with Crippen LogP contribution in [-0.4, -0.2) is 32.6 Å². The third-order valence-electron chi connectivity index (χ3n) is 3.06. The van der Waals surface area contributed by atoms with E-state index in [9.17, 15) is 14.0 Å². The topological polar surface area (TPSA) is 64.6 Å². The Labute approximate surface area is 136 Å². The number of carbonyl (C=O) groups is 2. The number of nitrogens with one attached hydrogen (secondary N) is 1. The van der Waals surface area contributed by atoms with Crippen molar-refractivity contribution in [3.8, 4) is 0 Å². The molecule has 124 valence electrons. The number of benzene rings is 1. The van der Waals surface area contributed by atoms with E-state index < -0.39 is 28.8 Å². The maximum atomic E-state index is 13.5. The van der Waals surface area contributed by atoms with Crippen molar-refractivity contribution in [2.24, 2.45) is 0 Å². The first kappa shape index (κ1) is 19.0. The highest BCUT2D eigenvalue weighted by molar-refractivity contribution is 6.27. The van der Waals surface area contributed by atoms with Gasteiger partial charge in [-0.1, -0.05) is 13.0 Å². The van der Waals surface area contributed by atoms with E-state index >= 15 is 0 Å². The van der Waals surface area contributed by atoms with Crippen molar-refractivity contribution >= 4 is 19.9 Å². The third kappa shape index (κ3) is 5.27. The Kier molecular flexibility index (Phi) is 5.80. The van der Waals surface area contributed by atoms with Crippen LogP contribution in [0.2, 0.25) is 0 Å². The molecule has 1 unspecified atom stereocenters. The minimum atomic E-state index is -1.54. The molecule has 0 saturated carbocycles. The summed E-state index contributed by atoms with van der Waals surface area (Å²) in [5.74, 6) is -1.25. The monoisotopic (exact) mass is 321 g/mol. The number of ether oxygens (including phenoxy) is 2. The fourth-order valence-corrected chi connectivity index (χ4v) is 1.99. The maximum Gasteiger partial charge on any atom is 0.407 e. The lowest BCUT2D eigenvalue weighted by Crippen LogP contribution is -2.37. The Morgan fingerprint density at radius 2 is 1.87 bits per heavy atom. The van der Waals surface area contributed by atoms with E-state index in [1.807, 2.05) is 0 Å². The zero-order chi connectivity index (χ0) is 17.8. The van der Waals surface area contributed by atoms with E-state index in [0.717, 1.165) is 6.07 Å². The van der Waals surface area contributed by atoms with Gasteiger partial charge in [-0.2, -0.15) is 0 Å². The summed E-state index contributed by atoms with van der Waals surface area (Å²) in [4.78, 5) is 23.6. The van der Waals surface area contributed by atoms with E-state index in [2.05, 4.69) is 10.1 Å². The average molecular weight is 321 g/mol. The summed E-state index contributed by atoms with van der Waals surface area (Å²) < 4.78 is 23.3. The number of hydrogen-bond donors (Lipinski definition) is 1. The summed E-state index contributed by atoms with van der Waals surface area (Å²) >= 11 is 0. The molecule has 0 aromatic heterocycles. The molecule has 1 N–H and O–H groups in total. The van der Waals surface area contributed by atoms with Gasteiger partial charge in [0.1, 0.15) is 11.4 Å². The standard InChI is InChI=1S/C16H21BFNO4/c1-15(2,3)23-14(21)19-9-10-6-7-11(18)8-12(10)16(4,17)13(20)22-5/h6-8H,9H2,1-5H3,(H,19,21). The maximum absolute atomic E-state index is 13.5. The molecule has 1 rings (SSSR count). The van der Waals surface area contributed by atoms with Crippen molar-refractivity contribution in [2.45, 2.75) is 45.2 Å². The number of halogens is 1. The first-order valence-electron chi connectivity index (χ1n) is 7.10. The number of methoxy groups -OCH3 is 1. The lowest BCUT2D eigenvalue weighted by molar-refractivity contribution is -0.143. The Hall–Kier alpha value is -2.05. The smallest absolute Gasteiger partial charge is 0.407 e. The number of carbonyl (C=O) groups excluding carboxylic acids is 2. The van der Waals surface area contributed by atoms with Gasteiger partial charge in [-0.15, -0.1) is 0 Å². The van der Waals surface area contributed by atoms with Gasteiger partial charge in [-0.3, -0.25) is 4.79 Å². The van der Waals surface area contributed by atoms with Crippen LogP contribution in [0.25, 0.3) is 0 Å². The van der Waals surface area contributed by atoms with Crippen molar-refractivity contribution < 1.29 is 23.5 Å². The number of hydrogen-bond acceptors (Lipinski definition) is 4. The molecule has 0 bridgehead atoms. The predicted octanol–water partition coefficient (Wildman–Crippen LogP) is 2.41. The highest BCUT2D eigenvalue weighted by Gasteiger charge is 2.32. The van der Waals surface area contributed by atoms with Gasteiger partial charge < -0.3 is 14.8 Å². The van der Waals surface area contributed by atoms with E-state index in [1.165, 1.54) is 26.2 Å². The second-order valence-electron chi connectivity index (χ2n) is 6.35. The van der Waals surface area contributed by atoms with Gasteiger partial charge in [0, 0.05) is 6.54 Å². The second kappa shape index (κ2) is 7.02. The van der Waals surface area contributed by atoms with E-state index in [0.29, 0.717) is 5.56 Å².